The molecule has 2 saturated carbocycles. The molecule has 2 aromatic carbocycles. The minimum absolute atomic E-state index is 0.0640. The Morgan fingerprint density at radius 2 is 1.35 bits per heavy atom. The van der Waals surface area contributed by atoms with Crippen molar-refractivity contribution in [3.8, 4) is 0 Å². The molecule has 0 bridgehead atoms. The monoisotopic (exact) mass is 468 g/mol. The van der Waals surface area contributed by atoms with Crippen LogP contribution in [0.2, 0.25) is 0 Å². The molecule has 0 saturated heterocycles. The fourth-order valence-corrected chi connectivity index (χ4v) is 6.10. The maximum atomic E-state index is 15.1. The smallest absolute Gasteiger partial charge is 0.162 e. The number of rotatable bonds is 7. The van der Waals surface area contributed by atoms with E-state index in [1.165, 1.54) is 6.42 Å². The van der Waals surface area contributed by atoms with Crippen LogP contribution in [-0.2, 0) is 6.42 Å². The molecular formula is C31H39F3. The number of hydrogen-bond acceptors (Lipinski definition) is 0. The Hall–Kier alpha value is -2.03. The Balaban J connectivity index is 1.36. The van der Waals surface area contributed by atoms with E-state index in [-0.39, 0.29) is 17.7 Å². The predicted octanol–water partition coefficient (Wildman–Crippen LogP) is 9.73. The third kappa shape index (κ3) is 5.78. The lowest BCUT2D eigenvalue weighted by atomic mass is 9.75. The number of aryl methyl sites for hydroxylation is 1. The Morgan fingerprint density at radius 1 is 0.765 bits per heavy atom. The van der Waals surface area contributed by atoms with E-state index in [4.69, 9.17) is 0 Å². The standard InChI is InChI=1S/C31H39F3/c1-3-5-23-11-17-26(29(32)20-23)16-10-22-8-14-25(15-9-22)28-19-18-27(30(33)31(28)34)24-12-6-21(4-2)7-13-24/h10-11,16-22,24-25H,3-9,12-15H2,1-2H3. The molecule has 2 aliphatic carbocycles. The van der Waals surface area contributed by atoms with Crippen molar-refractivity contribution in [1.82, 2.24) is 0 Å². The number of allylic oxidation sites excluding steroid dienone is 1. The van der Waals surface area contributed by atoms with Gasteiger partial charge in [0.05, 0.1) is 0 Å². The summed E-state index contributed by atoms with van der Waals surface area (Å²) < 4.78 is 44.5. The topological polar surface area (TPSA) is 0 Å². The van der Waals surface area contributed by atoms with Crippen LogP contribution >= 0.6 is 0 Å². The van der Waals surface area contributed by atoms with E-state index in [2.05, 4.69) is 19.9 Å². The molecule has 184 valence electrons. The van der Waals surface area contributed by atoms with E-state index in [0.717, 1.165) is 75.7 Å². The van der Waals surface area contributed by atoms with Crippen molar-refractivity contribution in [2.75, 3.05) is 0 Å². The van der Waals surface area contributed by atoms with Gasteiger partial charge in [-0.3, -0.25) is 0 Å². The molecule has 0 heterocycles. The summed E-state index contributed by atoms with van der Waals surface area (Å²) in [6, 6.07) is 9.21. The maximum Gasteiger partial charge on any atom is 0.162 e. The lowest BCUT2D eigenvalue weighted by Crippen LogP contribution is -2.16. The molecule has 0 radical (unpaired) electrons. The van der Waals surface area contributed by atoms with Crippen LogP contribution in [0.5, 0.6) is 0 Å². The van der Waals surface area contributed by atoms with E-state index in [0.29, 0.717) is 22.6 Å². The summed E-state index contributed by atoms with van der Waals surface area (Å²) in [6.45, 7) is 4.31. The molecule has 2 fully saturated rings. The lowest BCUT2D eigenvalue weighted by molar-refractivity contribution is 0.311. The fourth-order valence-electron chi connectivity index (χ4n) is 6.10. The summed E-state index contributed by atoms with van der Waals surface area (Å²) in [4.78, 5) is 0. The molecule has 0 aliphatic heterocycles. The highest BCUT2D eigenvalue weighted by molar-refractivity contribution is 5.51. The van der Waals surface area contributed by atoms with Crippen molar-refractivity contribution in [3.63, 3.8) is 0 Å². The first-order valence-corrected chi connectivity index (χ1v) is 13.4. The summed E-state index contributed by atoms with van der Waals surface area (Å²) >= 11 is 0. The first-order chi connectivity index (χ1) is 16.5. The molecule has 2 aromatic rings. The highest BCUT2D eigenvalue weighted by atomic mass is 19.2. The van der Waals surface area contributed by atoms with Crippen molar-refractivity contribution < 1.29 is 13.2 Å². The van der Waals surface area contributed by atoms with Gasteiger partial charge in [0.1, 0.15) is 5.82 Å². The first kappa shape index (κ1) is 25.1. The molecule has 0 amide bonds. The molecule has 0 spiro atoms. The third-order valence-corrected chi connectivity index (χ3v) is 8.37. The number of hydrogen-bond donors (Lipinski definition) is 0. The normalized spacial score (nSPS) is 25.7. The zero-order chi connectivity index (χ0) is 24.1. The van der Waals surface area contributed by atoms with E-state index in [1.807, 2.05) is 30.3 Å². The molecular weight excluding hydrogens is 429 g/mol. The lowest BCUT2D eigenvalue weighted by Gasteiger charge is -2.30. The molecule has 34 heavy (non-hydrogen) atoms. The van der Waals surface area contributed by atoms with Crippen LogP contribution in [0, 0.1) is 29.3 Å². The van der Waals surface area contributed by atoms with Crippen LogP contribution in [-0.4, -0.2) is 0 Å². The van der Waals surface area contributed by atoms with Gasteiger partial charge in [-0.25, -0.2) is 13.2 Å². The molecule has 0 nitrogen and oxygen atoms in total. The van der Waals surface area contributed by atoms with Crippen LogP contribution in [0.1, 0.15) is 112 Å². The average molecular weight is 469 g/mol. The summed E-state index contributed by atoms with van der Waals surface area (Å²) in [6.07, 6.45) is 14.7. The van der Waals surface area contributed by atoms with Crippen molar-refractivity contribution in [1.29, 1.82) is 0 Å². The highest BCUT2D eigenvalue weighted by Gasteiger charge is 2.29. The van der Waals surface area contributed by atoms with Gasteiger partial charge in [-0.2, -0.15) is 0 Å². The van der Waals surface area contributed by atoms with Crippen LogP contribution in [0.4, 0.5) is 13.2 Å². The van der Waals surface area contributed by atoms with Gasteiger partial charge >= 0.3 is 0 Å². The molecule has 0 N–H and O–H groups in total. The van der Waals surface area contributed by atoms with Crippen molar-refractivity contribution in [2.24, 2.45) is 11.8 Å². The van der Waals surface area contributed by atoms with Gasteiger partial charge in [-0.05, 0) is 104 Å². The highest BCUT2D eigenvalue weighted by Crippen LogP contribution is 2.42. The molecule has 4 rings (SSSR count). The van der Waals surface area contributed by atoms with Crippen molar-refractivity contribution in [2.45, 2.75) is 96.3 Å². The van der Waals surface area contributed by atoms with Gasteiger partial charge in [0.25, 0.3) is 0 Å². The van der Waals surface area contributed by atoms with Gasteiger partial charge < -0.3 is 0 Å². The molecule has 2 aliphatic rings. The summed E-state index contributed by atoms with van der Waals surface area (Å²) in [7, 11) is 0. The van der Waals surface area contributed by atoms with E-state index >= 15 is 8.78 Å². The zero-order valence-corrected chi connectivity index (χ0v) is 20.8. The van der Waals surface area contributed by atoms with Crippen LogP contribution in [0.25, 0.3) is 6.08 Å². The quantitative estimate of drug-likeness (QED) is 0.379. The molecule has 0 unspecified atom stereocenters. The van der Waals surface area contributed by atoms with E-state index in [1.54, 1.807) is 6.07 Å². The van der Waals surface area contributed by atoms with E-state index in [9.17, 15) is 4.39 Å². The van der Waals surface area contributed by atoms with Crippen LogP contribution in [0.15, 0.2) is 36.4 Å². The largest absolute Gasteiger partial charge is 0.206 e. The second kappa shape index (κ2) is 11.6. The van der Waals surface area contributed by atoms with Gasteiger partial charge in [0.2, 0.25) is 0 Å². The number of halogens is 3. The van der Waals surface area contributed by atoms with Crippen LogP contribution < -0.4 is 0 Å². The maximum absolute atomic E-state index is 15.1. The predicted molar refractivity (Wildman–Crippen MR) is 135 cm³/mol. The Kier molecular flexibility index (Phi) is 8.55. The first-order valence-electron chi connectivity index (χ1n) is 13.4. The Bertz CT molecular complexity index is 976. The second-order valence-corrected chi connectivity index (χ2v) is 10.6. The van der Waals surface area contributed by atoms with Gasteiger partial charge in [0, 0.05) is 5.56 Å². The fraction of sp³-hybridized carbons (Fsp3) is 0.548. The zero-order valence-electron chi connectivity index (χ0n) is 20.8. The Labute approximate surface area is 203 Å². The molecule has 3 heteroatoms. The second-order valence-electron chi connectivity index (χ2n) is 10.6. The van der Waals surface area contributed by atoms with Gasteiger partial charge in [-0.1, -0.05) is 63.1 Å². The third-order valence-electron chi connectivity index (χ3n) is 8.37. The van der Waals surface area contributed by atoms with E-state index < -0.39 is 11.6 Å². The Morgan fingerprint density at radius 3 is 1.88 bits per heavy atom. The summed E-state index contributed by atoms with van der Waals surface area (Å²) in [5.41, 5.74) is 2.79. The van der Waals surface area contributed by atoms with Crippen molar-refractivity contribution >= 4 is 6.08 Å². The molecule has 0 aromatic heterocycles. The molecule has 0 atom stereocenters. The summed E-state index contributed by atoms with van der Waals surface area (Å²) in [5, 5.41) is 0. The van der Waals surface area contributed by atoms with Gasteiger partial charge in [0.15, 0.2) is 11.6 Å². The van der Waals surface area contributed by atoms with Gasteiger partial charge in [-0.15, -0.1) is 0 Å². The minimum atomic E-state index is -0.622. The summed E-state index contributed by atoms with van der Waals surface area (Å²) in [5.74, 6) is -0.0873. The van der Waals surface area contributed by atoms with Crippen LogP contribution in [0.3, 0.4) is 0 Å². The minimum Gasteiger partial charge on any atom is -0.206 e. The average Bonchev–Trinajstić information content (AvgIpc) is 2.86. The van der Waals surface area contributed by atoms with Crippen molar-refractivity contribution in [3.05, 3.63) is 76.1 Å². The SMILES string of the molecule is CCCc1ccc(C=CC2CCC(c3ccc(C4CCC(CC)CC4)c(F)c3F)CC2)c(F)c1. The number of benzene rings is 2.